The highest BCUT2D eigenvalue weighted by molar-refractivity contribution is 7.80. The number of benzene rings is 2. The third-order valence-corrected chi connectivity index (χ3v) is 4.64. The van der Waals surface area contributed by atoms with Gasteiger partial charge in [0.05, 0.1) is 11.0 Å². The maximum atomic E-state index is 12.4. The second-order valence-electron chi connectivity index (χ2n) is 6.38. The Balaban J connectivity index is 1.60. The highest BCUT2D eigenvalue weighted by Gasteiger charge is 2.12. The molecule has 1 aromatic heterocycles. The van der Waals surface area contributed by atoms with Gasteiger partial charge in [-0.05, 0) is 61.5 Å². The predicted octanol–water partition coefficient (Wildman–Crippen LogP) is 3.23. The molecule has 3 aromatic rings. The summed E-state index contributed by atoms with van der Waals surface area (Å²) >= 11 is 5.25. The lowest BCUT2D eigenvalue weighted by molar-refractivity contribution is -0.122. The van der Waals surface area contributed by atoms with Crippen molar-refractivity contribution in [2.45, 2.75) is 33.7 Å². The molecule has 0 aliphatic carbocycles. The molecule has 3 rings (SSSR count). The highest BCUT2D eigenvalue weighted by atomic mass is 32.1. The molecule has 0 aliphatic rings. The van der Waals surface area contributed by atoms with Gasteiger partial charge in [0.2, 0.25) is 0 Å². The predicted molar refractivity (Wildman–Crippen MR) is 113 cm³/mol. The summed E-state index contributed by atoms with van der Waals surface area (Å²) in [6.07, 6.45) is 0.752. The Hall–Kier alpha value is -2.93. The number of hydrazine groups is 1. The van der Waals surface area contributed by atoms with Gasteiger partial charge < -0.3 is 9.88 Å². The lowest BCUT2D eigenvalue weighted by Crippen LogP contribution is -2.45. The number of amides is 1. The van der Waals surface area contributed by atoms with Gasteiger partial charge in [-0.1, -0.05) is 25.1 Å². The van der Waals surface area contributed by atoms with E-state index in [1.54, 1.807) is 0 Å². The van der Waals surface area contributed by atoms with Crippen molar-refractivity contribution in [1.29, 1.82) is 0 Å². The lowest BCUT2D eigenvalue weighted by Gasteiger charge is -2.13. The van der Waals surface area contributed by atoms with E-state index in [1.165, 1.54) is 11.1 Å². The van der Waals surface area contributed by atoms with E-state index in [2.05, 4.69) is 28.1 Å². The van der Waals surface area contributed by atoms with E-state index in [0.29, 0.717) is 5.11 Å². The molecule has 6 nitrogen and oxygen atoms in total. The van der Waals surface area contributed by atoms with Gasteiger partial charge in [-0.15, -0.1) is 0 Å². The first-order valence-corrected chi connectivity index (χ1v) is 9.26. The number of carbonyl (C=O) groups is 1. The number of nitrogens with zero attached hydrogens (tertiary/aromatic N) is 2. The smallest absolute Gasteiger partial charge is 0.258 e. The summed E-state index contributed by atoms with van der Waals surface area (Å²) in [4.78, 5) is 16.9. The molecule has 2 aromatic carbocycles. The van der Waals surface area contributed by atoms with Crippen LogP contribution in [-0.2, 0) is 17.8 Å². The van der Waals surface area contributed by atoms with Gasteiger partial charge >= 0.3 is 0 Å². The molecule has 0 fully saturated rings. The summed E-state index contributed by atoms with van der Waals surface area (Å²) in [6, 6.07) is 13.8. The molecule has 7 heteroatoms. The van der Waals surface area contributed by atoms with Crippen molar-refractivity contribution in [3.05, 3.63) is 59.4 Å². The van der Waals surface area contributed by atoms with E-state index < -0.39 is 0 Å². The zero-order valence-corrected chi connectivity index (χ0v) is 16.5. The number of rotatable bonds is 4. The fraction of sp³-hybridized carbons (Fsp3) is 0.250. The normalized spacial score (nSPS) is 10.6. The molecule has 0 atom stereocenters. The second-order valence-corrected chi connectivity index (χ2v) is 6.79. The molecule has 140 valence electrons. The van der Waals surface area contributed by atoms with Crippen molar-refractivity contribution in [3.63, 3.8) is 0 Å². The van der Waals surface area contributed by atoms with Crippen LogP contribution in [0.25, 0.3) is 11.0 Å². The van der Waals surface area contributed by atoms with Crippen LogP contribution in [0.15, 0.2) is 42.5 Å². The Bertz CT molecular complexity index is 995. The molecule has 0 saturated carbocycles. The van der Waals surface area contributed by atoms with E-state index in [1.807, 2.05) is 60.9 Å². The molecule has 3 N–H and O–H groups in total. The van der Waals surface area contributed by atoms with E-state index in [9.17, 15) is 4.79 Å². The maximum Gasteiger partial charge on any atom is 0.258 e. The molecule has 0 radical (unpaired) electrons. The van der Waals surface area contributed by atoms with E-state index in [-0.39, 0.29) is 12.5 Å². The molecule has 0 saturated heterocycles. The number of nitrogens with one attached hydrogen (secondary N) is 3. The number of para-hydroxylation sites is 2. The first-order chi connectivity index (χ1) is 13.0. The average molecular weight is 382 g/mol. The third kappa shape index (κ3) is 4.43. The Kier molecular flexibility index (Phi) is 5.71. The Labute approximate surface area is 164 Å². The number of thiocarbonyl (C=S) groups is 1. The molecular weight excluding hydrogens is 358 g/mol. The zero-order chi connectivity index (χ0) is 19.4. The minimum atomic E-state index is -0.197. The molecule has 0 unspecified atom stereocenters. The van der Waals surface area contributed by atoms with Crippen LogP contribution in [0, 0.1) is 13.8 Å². The first-order valence-electron chi connectivity index (χ1n) is 8.85. The number of anilines is 1. The largest absolute Gasteiger partial charge is 0.331 e. The van der Waals surface area contributed by atoms with Gasteiger partial charge in [-0.2, -0.15) is 0 Å². The van der Waals surface area contributed by atoms with Crippen LogP contribution in [-0.4, -0.2) is 20.6 Å². The Morgan fingerprint density at radius 3 is 2.63 bits per heavy atom. The number of carbonyl (C=O) groups excluding carboxylic acids is 1. The van der Waals surface area contributed by atoms with Crippen molar-refractivity contribution in [2.24, 2.45) is 0 Å². The molecule has 1 heterocycles. The molecular formula is C20H23N5OS. The van der Waals surface area contributed by atoms with Crippen molar-refractivity contribution < 1.29 is 4.79 Å². The Morgan fingerprint density at radius 2 is 1.89 bits per heavy atom. The lowest BCUT2D eigenvalue weighted by atomic mass is 10.1. The van der Waals surface area contributed by atoms with Crippen LogP contribution >= 0.6 is 12.2 Å². The van der Waals surface area contributed by atoms with E-state index in [0.717, 1.165) is 29.0 Å². The molecule has 0 aliphatic heterocycles. The number of aromatic nitrogens is 2. The van der Waals surface area contributed by atoms with Crippen molar-refractivity contribution in [2.75, 3.05) is 5.32 Å². The summed E-state index contributed by atoms with van der Waals surface area (Å²) in [5, 5.41) is 3.39. The van der Waals surface area contributed by atoms with Crippen molar-refractivity contribution in [1.82, 2.24) is 20.4 Å². The van der Waals surface area contributed by atoms with Gasteiger partial charge in [0.15, 0.2) is 5.11 Å². The second kappa shape index (κ2) is 8.18. The molecule has 0 spiro atoms. The van der Waals surface area contributed by atoms with Crippen molar-refractivity contribution in [3.8, 4) is 0 Å². The molecule has 0 bridgehead atoms. The number of hydrogen-bond acceptors (Lipinski definition) is 3. The topological polar surface area (TPSA) is 71.0 Å². The van der Waals surface area contributed by atoms with Crippen molar-refractivity contribution >= 4 is 40.0 Å². The summed E-state index contributed by atoms with van der Waals surface area (Å²) in [7, 11) is 0. The quantitative estimate of drug-likeness (QED) is 0.478. The van der Waals surface area contributed by atoms with E-state index in [4.69, 9.17) is 12.2 Å². The standard InChI is InChI=1S/C20H23N5OS/c1-4-18-22-16-7-5-6-8-17(16)25(18)12-19(26)23-24-20(27)21-15-10-9-13(2)14(3)11-15/h5-11H,4,12H2,1-3H3,(H,23,26)(H2,21,24,27). The van der Waals surface area contributed by atoms with Crippen LogP contribution in [0.4, 0.5) is 5.69 Å². The minimum absolute atomic E-state index is 0.170. The van der Waals surface area contributed by atoms with Crippen LogP contribution in [0.1, 0.15) is 23.9 Å². The SMILES string of the molecule is CCc1nc2ccccc2n1CC(=O)NNC(=S)Nc1ccc(C)c(C)c1. The zero-order valence-electron chi connectivity index (χ0n) is 15.7. The van der Waals surface area contributed by atoms with Gasteiger partial charge in [0.1, 0.15) is 12.4 Å². The summed E-state index contributed by atoms with van der Waals surface area (Å²) in [5.74, 6) is 0.680. The van der Waals surface area contributed by atoms with Gasteiger partial charge in [-0.3, -0.25) is 15.6 Å². The monoisotopic (exact) mass is 381 g/mol. The van der Waals surface area contributed by atoms with Crippen LogP contribution in [0.2, 0.25) is 0 Å². The first kappa shape index (κ1) is 18.8. The highest BCUT2D eigenvalue weighted by Crippen LogP contribution is 2.16. The van der Waals surface area contributed by atoms with Gasteiger partial charge in [0, 0.05) is 12.1 Å². The number of imidazole rings is 1. The summed E-state index contributed by atoms with van der Waals surface area (Å²) in [6.45, 7) is 6.29. The molecule has 27 heavy (non-hydrogen) atoms. The third-order valence-electron chi connectivity index (χ3n) is 4.43. The maximum absolute atomic E-state index is 12.4. The average Bonchev–Trinajstić information content (AvgIpc) is 3.01. The van der Waals surface area contributed by atoms with Crippen LogP contribution < -0.4 is 16.2 Å². The fourth-order valence-corrected chi connectivity index (χ4v) is 3.03. The minimum Gasteiger partial charge on any atom is -0.331 e. The number of aryl methyl sites for hydroxylation is 3. The molecule has 1 amide bonds. The fourth-order valence-electron chi connectivity index (χ4n) is 2.86. The number of fused-ring (bicyclic) bond motifs is 1. The Morgan fingerprint density at radius 1 is 1.11 bits per heavy atom. The summed E-state index contributed by atoms with van der Waals surface area (Å²) in [5.41, 5.74) is 10.5. The van der Waals surface area contributed by atoms with Crippen LogP contribution in [0.3, 0.4) is 0 Å². The van der Waals surface area contributed by atoms with Gasteiger partial charge in [0.25, 0.3) is 5.91 Å². The van der Waals surface area contributed by atoms with Gasteiger partial charge in [-0.25, -0.2) is 4.98 Å². The summed E-state index contributed by atoms with van der Waals surface area (Å²) < 4.78 is 1.92. The van der Waals surface area contributed by atoms with E-state index >= 15 is 0 Å². The number of hydrogen-bond donors (Lipinski definition) is 3. The van der Waals surface area contributed by atoms with Crippen LogP contribution in [0.5, 0.6) is 0 Å².